The van der Waals surface area contributed by atoms with E-state index in [-0.39, 0.29) is 12.8 Å². The molecule has 0 fully saturated rings. The van der Waals surface area contributed by atoms with Crippen LogP contribution in [0.5, 0.6) is 0 Å². The van der Waals surface area contributed by atoms with Crippen LogP contribution in [0.2, 0.25) is 0 Å². The second kappa shape index (κ2) is 8.56. The first-order chi connectivity index (χ1) is 9.99. The van der Waals surface area contributed by atoms with Crippen molar-refractivity contribution < 1.29 is 19.5 Å². The minimum atomic E-state index is -1.20. The second-order valence-electron chi connectivity index (χ2n) is 4.45. The molecule has 0 saturated carbocycles. The summed E-state index contributed by atoms with van der Waals surface area (Å²) in [4.78, 5) is 37.0. The monoisotopic (exact) mass is 297 g/mol. The molecule has 0 unspecified atom stereocenters. The van der Waals surface area contributed by atoms with Crippen LogP contribution in [0.1, 0.15) is 19.3 Å². The zero-order valence-corrected chi connectivity index (χ0v) is 11.5. The molecule has 0 aromatic carbocycles. The first-order valence-electron chi connectivity index (χ1n) is 6.50. The Morgan fingerprint density at radius 1 is 1.38 bits per heavy atom. The number of nitrogens with zero attached hydrogens (tertiary/aromatic N) is 2. The summed E-state index contributed by atoms with van der Waals surface area (Å²) in [5, 5.41) is 13.8. The minimum Gasteiger partial charge on any atom is -0.480 e. The molecule has 0 bridgehead atoms. The molecular weight excluding hydrogens is 278 g/mol. The highest BCUT2D eigenvalue weighted by atomic mass is 16.4. The van der Waals surface area contributed by atoms with E-state index in [0.29, 0.717) is 19.5 Å². The van der Waals surface area contributed by atoms with E-state index in [1.165, 1.54) is 0 Å². The van der Waals surface area contributed by atoms with Gasteiger partial charge in [0.25, 0.3) is 0 Å². The molecule has 5 N–H and O–H groups in total. The van der Waals surface area contributed by atoms with Gasteiger partial charge in [-0.3, -0.25) is 4.79 Å². The Labute approximate surface area is 121 Å². The third-order valence-electron chi connectivity index (χ3n) is 2.72. The smallest absolute Gasteiger partial charge is 0.326 e. The predicted octanol–water partition coefficient (Wildman–Crippen LogP) is -0.709. The number of hydrogen-bond donors (Lipinski definition) is 4. The molecule has 9 heteroatoms. The fraction of sp³-hybridized carbons (Fsp3) is 0.500. The lowest BCUT2D eigenvalue weighted by Crippen LogP contribution is -2.46. The Hall–Kier alpha value is -2.58. The van der Waals surface area contributed by atoms with E-state index in [2.05, 4.69) is 15.6 Å². The lowest BCUT2D eigenvalue weighted by Gasteiger charge is -2.14. The van der Waals surface area contributed by atoms with Gasteiger partial charge in [-0.2, -0.15) is 0 Å². The van der Waals surface area contributed by atoms with E-state index in [4.69, 9.17) is 10.8 Å². The van der Waals surface area contributed by atoms with Gasteiger partial charge in [-0.05, 0) is 12.8 Å². The van der Waals surface area contributed by atoms with Crippen molar-refractivity contribution in [3.05, 3.63) is 18.7 Å². The second-order valence-corrected chi connectivity index (χ2v) is 4.45. The van der Waals surface area contributed by atoms with Crippen molar-refractivity contribution in [2.75, 3.05) is 6.54 Å². The summed E-state index contributed by atoms with van der Waals surface area (Å²) >= 11 is 0. The maximum absolute atomic E-state index is 11.5. The molecule has 0 radical (unpaired) electrons. The molecular formula is C12H19N5O4. The zero-order chi connectivity index (χ0) is 15.7. The fourth-order valence-electron chi connectivity index (χ4n) is 1.64. The van der Waals surface area contributed by atoms with Crippen molar-refractivity contribution >= 4 is 17.9 Å². The number of carbonyl (C=O) groups is 3. The quantitative estimate of drug-likeness (QED) is 0.446. The van der Waals surface area contributed by atoms with Crippen molar-refractivity contribution in [1.29, 1.82) is 0 Å². The fourth-order valence-corrected chi connectivity index (χ4v) is 1.64. The topological polar surface area (TPSA) is 139 Å². The number of nitrogens with two attached hydrogens (primary N) is 1. The summed E-state index contributed by atoms with van der Waals surface area (Å²) in [5.74, 6) is -1.81. The first kappa shape index (κ1) is 16.5. The molecule has 0 aliphatic rings. The van der Waals surface area contributed by atoms with Gasteiger partial charge in [0, 0.05) is 31.9 Å². The Kier molecular flexibility index (Phi) is 6.72. The number of hydrogen-bond acceptors (Lipinski definition) is 4. The number of imidazole rings is 1. The summed E-state index contributed by atoms with van der Waals surface area (Å²) in [5.41, 5.74) is 4.95. The lowest BCUT2D eigenvalue weighted by atomic mass is 10.1. The van der Waals surface area contributed by atoms with Crippen LogP contribution in [0, 0.1) is 0 Å². The van der Waals surface area contributed by atoms with E-state index in [9.17, 15) is 14.4 Å². The summed E-state index contributed by atoms with van der Waals surface area (Å²) in [6.45, 7) is 1.09. The molecule has 1 atom stereocenters. The average molecular weight is 297 g/mol. The molecule has 1 rings (SSSR count). The number of urea groups is 1. The van der Waals surface area contributed by atoms with Crippen LogP contribution in [0.4, 0.5) is 4.79 Å². The number of primary amides is 1. The lowest BCUT2D eigenvalue weighted by molar-refractivity contribution is -0.139. The molecule has 3 amide bonds. The zero-order valence-electron chi connectivity index (χ0n) is 11.5. The van der Waals surface area contributed by atoms with E-state index in [1.807, 2.05) is 10.8 Å². The molecule has 116 valence electrons. The van der Waals surface area contributed by atoms with Crippen LogP contribution < -0.4 is 16.4 Å². The molecule has 0 saturated heterocycles. The van der Waals surface area contributed by atoms with Crippen molar-refractivity contribution in [2.24, 2.45) is 5.73 Å². The highest BCUT2D eigenvalue weighted by Crippen LogP contribution is 1.97. The van der Waals surface area contributed by atoms with Gasteiger partial charge in [0.15, 0.2) is 0 Å². The number of amides is 3. The predicted molar refractivity (Wildman–Crippen MR) is 73.2 cm³/mol. The van der Waals surface area contributed by atoms with Gasteiger partial charge in [-0.15, -0.1) is 0 Å². The van der Waals surface area contributed by atoms with E-state index >= 15 is 0 Å². The van der Waals surface area contributed by atoms with Gasteiger partial charge in [-0.25, -0.2) is 14.6 Å². The third-order valence-corrected chi connectivity index (χ3v) is 2.72. The Morgan fingerprint density at radius 3 is 2.71 bits per heavy atom. The number of aromatic nitrogens is 2. The Morgan fingerprint density at radius 2 is 2.14 bits per heavy atom. The molecule has 1 heterocycles. The SMILES string of the molecule is NC(=O)CC[C@@H](NC(=O)NCCCn1ccnc1)C(=O)O. The highest BCUT2D eigenvalue weighted by molar-refractivity contribution is 5.83. The minimum absolute atomic E-state index is 0.0346. The maximum Gasteiger partial charge on any atom is 0.326 e. The summed E-state index contributed by atoms with van der Waals surface area (Å²) in [6.07, 6.45) is 5.69. The van der Waals surface area contributed by atoms with E-state index < -0.39 is 23.9 Å². The van der Waals surface area contributed by atoms with E-state index in [1.54, 1.807) is 12.5 Å². The molecule has 0 spiro atoms. The van der Waals surface area contributed by atoms with Crippen molar-refractivity contribution in [1.82, 2.24) is 20.2 Å². The summed E-state index contributed by atoms with van der Waals surface area (Å²) in [6, 6.07) is -1.72. The van der Waals surface area contributed by atoms with Crippen LogP contribution in [-0.4, -0.2) is 45.2 Å². The molecule has 1 aromatic heterocycles. The van der Waals surface area contributed by atoms with Crippen molar-refractivity contribution in [2.45, 2.75) is 31.8 Å². The van der Waals surface area contributed by atoms with Crippen LogP contribution in [-0.2, 0) is 16.1 Å². The van der Waals surface area contributed by atoms with Gasteiger partial charge in [0.05, 0.1) is 6.33 Å². The maximum atomic E-state index is 11.5. The summed E-state index contributed by atoms with van der Waals surface area (Å²) in [7, 11) is 0. The van der Waals surface area contributed by atoms with Gasteiger partial charge >= 0.3 is 12.0 Å². The number of carbonyl (C=O) groups excluding carboxylic acids is 2. The van der Waals surface area contributed by atoms with Crippen LogP contribution >= 0.6 is 0 Å². The standard InChI is InChI=1S/C12H19N5O4/c13-10(18)3-2-9(11(19)20)16-12(21)15-4-1-6-17-7-5-14-8-17/h5,7-9H,1-4,6H2,(H2,13,18)(H,19,20)(H2,15,16,21)/t9-/m1/s1. The number of aryl methyl sites for hydroxylation is 1. The molecule has 0 aliphatic carbocycles. The molecule has 21 heavy (non-hydrogen) atoms. The van der Waals surface area contributed by atoms with E-state index in [0.717, 1.165) is 0 Å². The third kappa shape index (κ3) is 6.95. The van der Waals surface area contributed by atoms with Crippen LogP contribution in [0.3, 0.4) is 0 Å². The van der Waals surface area contributed by atoms with Gasteiger partial charge in [0.1, 0.15) is 6.04 Å². The van der Waals surface area contributed by atoms with Gasteiger partial charge in [-0.1, -0.05) is 0 Å². The first-order valence-corrected chi connectivity index (χ1v) is 6.50. The van der Waals surface area contributed by atoms with Gasteiger partial charge < -0.3 is 26.0 Å². The normalized spacial score (nSPS) is 11.6. The largest absolute Gasteiger partial charge is 0.480 e. The van der Waals surface area contributed by atoms with Gasteiger partial charge in [0.2, 0.25) is 5.91 Å². The van der Waals surface area contributed by atoms with Crippen molar-refractivity contribution in [3.63, 3.8) is 0 Å². The highest BCUT2D eigenvalue weighted by Gasteiger charge is 2.20. The molecule has 9 nitrogen and oxygen atoms in total. The number of nitrogens with one attached hydrogen (secondary N) is 2. The van der Waals surface area contributed by atoms with Crippen LogP contribution in [0.25, 0.3) is 0 Å². The van der Waals surface area contributed by atoms with Crippen LogP contribution in [0.15, 0.2) is 18.7 Å². The number of aliphatic carboxylic acids is 1. The number of carboxylic acids is 1. The number of rotatable bonds is 9. The molecule has 1 aromatic rings. The Balaban J connectivity index is 2.23. The molecule has 0 aliphatic heterocycles. The number of carboxylic acid groups (broad SMARTS) is 1. The average Bonchev–Trinajstić information content (AvgIpc) is 2.92. The van der Waals surface area contributed by atoms with Crippen molar-refractivity contribution in [3.8, 4) is 0 Å². The summed E-state index contributed by atoms with van der Waals surface area (Å²) < 4.78 is 1.87. The Bertz CT molecular complexity index is 474.